The third-order valence-electron chi connectivity index (χ3n) is 3.37. The molecule has 0 aromatic heterocycles. The molecule has 0 fully saturated rings. The van der Waals surface area contributed by atoms with Gasteiger partial charge in [0.15, 0.2) is 0 Å². The van der Waals surface area contributed by atoms with Crippen molar-refractivity contribution in [2.45, 2.75) is 13.1 Å². The Labute approximate surface area is 125 Å². The quantitative estimate of drug-likeness (QED) is 0.857. The van der Waals surface area contributed by atoms with Crippen molar-refractivity contribution >= 4 is 11.7 Å². The summed E-state index contributed by atoms with van der Waals surface area (Å²) in [4.78, 5) is 13.9. The molecule has 21 heavy (non-hydrogen) atoms. The molecule has 0 heterocycles. The first kappa shape index (κ1) is 15.1. The van der Waals surface area contributed by atoms with Crippen LogP contribution in [0.2, 0.25) is 0 Å². The average molecular weight is 284 g/mol. The molecule has 0 aliphatic rings. The fraction of sp³-hybridized carbons (Fsp3) is 0.235. The molecule has 0 aliphatic heterocycles. The van der Waals surface area contributed by atoms with Gasteiger partial charge in [0.05, 0.1) is 18.4 Å². The number of benzene rings is 2. The Bertz CT molecular complexity index is 626. The van der Waals surface area contributed by atoms with E-state index in [1.54, 1.807) is 6.07 Å². The van der Waals surface area contributed by atoms with Gasteiger partial charge in [-0.3, -0.25) is 0 Å². The first-order valence-corrected chi connectivity index (χ1v) is 6.82. The molecule has 0 bridgehead atoms. The summed E-state index contributed by atoms with van der Waals surface area (Å²) < 4.78 is 4.83. The standard InChI is InChI=1S/C17H20N2O2/c1-19(12-14-7-5-6-13(10-14)11-18)16-9-4-3-8-15(16)17(20)21-2/h3-10H,11-12,18H2,1-2H3. The molecule has 0 saturated carbocycles. The Morgan fingerprint density at radius 1 is 1.14 bits per heavy atom. The maximum absolute atomic E-state index is 11.8. The Kier molecular flexibility index (Phi) is 4.95. The molecule has 0 amide bonds. The van der Waals surface area contributed by atoms with E-state index in [1.807, 2.05) is 42.3 Å². The van der Waals surface area contributed by atoms with Crippen LogP contribution < -0.4 is 10.6 Å². The van der Waals surface area contributed by atoms with E-state index in [-0.39, 0.29) is 5.97 Å². The normalized spacial score (nSPS) is 10.2. The number of carbonyl (C=O) groups excluding carboxylic acids is 1. The lowest BCUT2D eigenvalue weighted by atomic mass is 10.1. The van der Waals surface area contributed by atoms with Gasteiger partial charge in [-0.25, -0.2) is 4.79 Å². The van der Waals surface area contributed by atoms with E-state index in [2.05, 4.69) is 12.1 Å². The lowest BCUT2D eigenvalue weighted by Crippen LogP contribution is -2.20. The van der Waals surface area contributed by atoms with E-state index >= 15 is 0 Å². The van der Waals surface area contributed by atoms with Crippen LogP contribution in [-0.2, 0) is 17.8 Å². The molecule has 0 aliphatic carbocycles. The number of nitrogens with two attached hydrogens (primary N) is 1. The molecule has 110 valence electrons. The van der Waals surface area contributed by atoms with Gasteiger partial charge in [0, 0.05) is 20.1 Å². The first-order chi connectivity index (χ1) is 10.2. The van der Waals surface area contributed by atoms with Gasteiger partial charge in [-0.15, -0.1) is 0 Å². The highest BCUT2D eigenvalue weighted by Crippen LogP contribution is 2.22. The van der Waals surface area contributed by atoms with E-state index in [1.165, 1.54) is 7.11 Å². The molecule has 4 heteroatoms. The fourth-order valence-corrected chi connectivity index (χ4v) is 2.30. The predicted molar refractivity (Wildman–Crippen MR) is 84.2 cm³/mol. The van der Waals surface area contributed by atoms with Crippen molar-refractivity contribution in [1.29, 1.82) is 0 Å². The van der Waals surface area contributed by atoms with Crippen LogP contribution in [0.15, 0.2) is 48.5 Å². The van der Waals surface area contributed by atoms with Gasteiger partial charge in [0.1, 0.15) is 0 Å². The molecule has 2 aromatic rings. The summed E-state index contributed by atoms with van der Waals surface area (Å²) in [6.07, 6.45) is 0. The molecule has 2 rings (SSSR count). The number of hydrogen-bond donors (Lipinski definition) is 1. The Hall–Kier alpha value is -2.33. The van der Waals surface area contributed by atoms with Crippen LogP contribution in [0.5, 0.6) is 0 Å². The van der Waals surface area contributed by atoms with Crippen molar-refractivity contribution in [2.75, 3.05) is 19.1 Å². The topological polar surface area (TPSA) is 55.6 Å². The van der Waals surface area contributed by atoms with Crippen LogP contribution in [0.3, 0.4) is 0 Å². The summed E-state index contributed by atoms with van der Waals surface area (Å²) in [5.41, 5.74) is 9.34. The molecule has 0 atom stereocenters. The molecular weight excluding hydrogens is 264 g/mol. The van der Waals surface area contributed by atoms with Crippen molar-refractivity contribution in [2.24, 2.45) is 5.73 Å². The van der Waals surface area contributed by atoms with E-state index in [0.29, 0.717) is 18.7 Å². The van der Waals surface area contributed by atoms with Crippen LogP contribution in [-0.4, -0.2) is 20.1 Å². The van der Waals surface area contributed by atoms with Crippen LogP contribution in [0.25, 0.3) is 0 Å². The minimum Gasteiger partial charge on any atom is -0.465 e. The zero-order valence-electron chi connectivity index (χ0n) is 12.4. The van der Waals surface area contributed by atoms with Crippen molar-refractivity contribution in [3.63, 3.8) is 0 Å². The average Bonchev–Trinajstić information content (AvgIpc) is 2.54. The maximum atomic E-state index is 11.8. The third-order valence-corrected chi connectivity index (χ3v) is 3.37. The molecule has 0 spiro atoms. The number of ether oxygens (including phenoxy) is 1. The summed E-state index contributed by atoms with van der Waals surface area (Å²) in [5, 5.41) is 0. The van der Waals surface area contributed by atoms with Crippen LogP contribution >= 0.6 is 0 Å². The smallest absolute Gasteiger partial charge is 0.339 e. The van der Waals surface area contributed by atoms with Crippen molar-refractivity contribution in [3.05, 3.63) is 65.2 Å². The van der Waals surface area contributed by atoms with E-state index in [4.69, 9.17) is 10.5 Å². The fourth-order valence-electron chi connectivity index (χ4n) is 2.30. The first-order valence-electron chi connectivity index (χ1n) is 6.82. The van der Waals surface area contributed by atoms with Crippen molar-refractivity contribution in [1.82, 2.24) is 0 Å². The number of carbonyl (C=O) groups is 1. The molecular formula is C17H20N2O2. The lowest BCUT2D eigenvalue weighted by Gasteiger charge is -2.22. The van der Waals surface area contributed by atoms with Crippen molar-refractivity contribution < 1.29 is 9.53 Å². The monoisotopic (exact) mass is 284 g/mol. The molecule has 4 nitrogen and oxygen atoms in total. The molecule has 2 N–H and O–H groups in total. The number of anilines is 1. The zero-order chi connectivity index (χ0) is 15.2. The van der Waals surface area contributed by atoms with Crippen LogP contribution in [0, 0.1) is 0 Å². The molecule has 0 radical (unpaired) electrons. The van der Waals surface area contributed by atoms with Gasteiger partial charge < -0.3 is 15.4 Å². The van der Waals surface area contributed by atoms with Crippen molar-refractivity contribution in [3.8, 4) is 0 Å². The van der Waals surface area contributed by atoms with E-state index in [0.717, 1.165) is 16.8 Å². The summed E-state index contributed by atoms with van der Waals surface area (Å²) in [7, 11) is 3.35. The predicted octanol–water partition coefficient (Wildman–Crippen LogP) is 2.57. The maximum Gasteiger partial charge on any atom is 0.339 e. The number of para-hydroxylation sites is 1. The summed E-state index contributed by atoms with van der Waals surface area (Å²) in [6.45, 7) is 1.22. The number of rotatable bonds is 5. The SMILES string of the molecule is COC(=O)c1ccccc1N(C)Cc1cccc(CN)c1. The van der Waals surface area contributed by atoms with Gasteiger partial charge in [-0.1, -0.05) is 36.4 Å². The van der Waals surface area contributed by atoms with Gasteiger partial charge in [-0.05, 0) is 23.3 Å². The second-order valence-corrected chi connectivity index (χ2v) is 4.89. The number of esters is 1. The van der Waals surface area contributed by atoms with Gasteiger partial charge in [0.2, 0.25) is 0 Å². The molecule has 0 saturated heterocycles. The summed E-state index contributed by atoms with van der Waals surface area (Å²) in [6, 6.07) is 15.6. The Morgan fingerprint density at radius 2 is 1.86 bits per heavy atom. The van der Waals surface area contributed by atoms with E-state index < -0.39 is 0 Å². The number of hydrogen-bond acceptors (Lipinski definition) is 4. The second-order valence-electron chi connectivity index (χ2n) is 4.89. The summed E-state index contributed by atoms with van der Waals surface area (Å²) >= 11 is 0. The number of methoxy groups -OCH3 is 1. The highest BCUT2D eigenvalue weighted by Gasteiger charge is 2.14. The molecule has 2 aromatic carbocycles. The Balaban J connectivity index is 2.24. The summed E-state index contributed by atoms with van der Waals surface area (Å²) in [5.74, 6) is -0.326. The van der Waals surface area contributed by atoms with E-state index in [9.17, 15) is 4.79 Å². The lowest BCUT2D eigenvalue weighted by molar-refractivity contribution is 0.0601. The third kappa shape index (κ3) is 3.61. The largest absolute Gasteiger partial charge is 0.465 e. The minimum atomic E-state index is -0.326. The second kappa shape index (κ2) is 6.90. The van der Waals surface area contributed by atoms with Gasteiger partial charge in [0.25, 0.3) is 0 Å². The minimum absolute atomic E-state index is 0.326. The number of nitrogens with zero attached hydrogens (tertiary/aromatic N) is 1. The van der Waals surface area contributed by atoms with Crippen LogP contribution in [0.4, 0.5) is 5.69 Å². The zero-order valence-corrected chi connectivity index (χ0v) is 12.4. The highest BCUT2D eigenvalue weighted by atomic mass is 16.5. The highest BCUT2D eigenvalue weighted by molar-refractivity contribution is 5.95. The van der Waals surface area contributed by atoms with Crippen LogP contribution in [0.1, 0.15) is 21.5 Å². The van der Waals surface area contributed by atoms with Gasteiger partial charge in [-0.2, -0.15) is 0 Å². The Morgan fingerprint density at radius 3 is 2.57 bits per heavy atom. The molecule has 0 unspecified atom stereocenters. The van der Waals surface area contributed by atoms with Gasteiger partial charge >= 0.3 is 5.97 Å².